The van der Waals surface area contributed by atoms with Gasteiger partial charge in [-0.05, 0) is 40.0 Å². The number of fused-ring (bicyclic) bond motifs is 1. The van der Waals surface area contributed by atoms with Gasteiger partial charge in [-0.25, -0.2) is 4.98 Å². The van der Waals surface area contributed by atoms with Gasteiger partial charge in [-0.1, -0.05) is 0 Å². The van der Waals surface area contributed by atoms with Crippen molar-refractivity contribution in [3.63, 3.8) is 0 Å². The summed E-state index contributed by atoms with van der Waals surface area (Å²) in [6.45, 7) is 9.50. The van der Waals surface area contributed by atoms with Crippen molar-refractivity contribution in [2.24, 2.45) is 0 Å². The van der Waals surface area contributed by atoms with Gasteiger partial charge in [0.2, 0.25) is 0 Å². The van der Waals surface area contributed by atoms with Crippen LogP contribution in [0.3, 0.4) is 0 Å². The van der Waals surface area contributed by atoms with E-state index < -0.39 is 0 Å². The third kappa shape index (κ3) is 2.33. The second-order valence-electron chi connectivity index (χ2n) is 6.15. The van der Waals surface area contributed by atoms with Crippen LogP contribution in [0.15, 0.2) is 0 Å². The second kappa shape index (κ2) is 4.58. The number of hydrogen-bond donors (Lipinski definition) is 0. The Balaban J connectivity index is 1.73. The molecule has 0 saturated carbocycles. The lowest BCUT2D eigenvalue weighted by atomic mass is 10.0. The summed E-state index contributed by atoms with van der Waals surface area (Å²) < 4.78 is 5.76. The van der Waals surface area contributed by atoms with Crippen molar-refractivity contribution in [1.29, 1.82) is 0 Å². The van der Waals surface area contributed by atoms with Crippen molar-refractivity contribution in [1.82, 2.24) is 9.88 Å². The Kier molecular flexibility index (Phi) is 3.20. The summed E-state index contributed by atoms with van der Waals surface area (Å²) in [5.41, 5.74) is 1.50. The zero-order valence-electron chi connectivity index (χ0n) is 11.5. The Labute approximate surface area is 113 Å². The highest BCUT2D eigenvalue weighted by Crippen LogP contribution is 2.30. The molecule has 1 aliphatic carbocycles. The molecule has 2 aliphatic rings. The molecule has 3 nitrogen and oxygen atoms in total. The Morgan fingerprint density at radius 2 is 2.28 bits per heavy atom. The number of nitrogens with zero attached hydrogens (tertiary/aromatic N) is 2. The standard InChI is InChI=1S/C14H22N2OS/c1-10-7-16(14(2,3)9-17-10)8-13-15-11-5-4-6-12(11)18-13/h10H,4-9H2,1-3H3/t10-/m0/s1. The minimum atomic E-state index is 0.128. The van der Waals surface area contributed by atoms with E-state index in [0.717, 1.165) is 19.7 Å². The zero-order chi connectivity index (χ0) is 12.8. The summed E-state index contributed by atoms with van der Waals surface area (Å²) in [5.74, 6) is 0. The molecule has 0 N–H and O–H groups in total. The molecular weight excluding hydrogens is 244 g/mol. The van der Waals surface area contributed by atoms with Gasteiger partial charge in [-0.2, -0.15) is 0 Å². The topological polar surface area (TPSA) is 25.4 Å². The molecule has 4 heteroatoms. The van der Waals surface area contributed by atoms with Gasteiger partial charge in [0.05, 0.1) is 24.9 Å². The molecule has 0 aromatic carbocycles. The molecule has 1 aromatic heterocycles. The van der Waals surface area contributed by atoms with Crippen molar-refractivity contribution in [2.75, 3.05) is 13.2 Å². The van der Waals surface area contributed by atoms with Crippen LogP contribution in [0.4, 0.5) is 0 Å². The van der Waals surface area contributed by atoms with E-state index in [4.69, 9.17) is 9.72 Å². The van der Waals surface area contributed by atoms with Gasteiger partial charge >= 0.3 is 0 Å². The lowest BCUT2D eigenvalue weighted by Crippen LogP contribution is -2.54. The zero-order valence-corrected chi connectivity index (χ0v) is 12.3. The number of aryl methyl sites for hydroxylation is 2. The van der Waals surface area contributed by atoms with Crippen LogP contribution >= 0.6 is 11.3 Å². The minimum absolute atomic E-state index is 0.128. The van der Waals surface area contributed by atoms with Gasteiger partial charge < -0.3 is 4.74 Å². The summed E-state index contributed by atoms with van der Waals surface area (Å²) in [5, 5.41) is 1.29. The maximum absolute atomic E-state index is 5.76. The fraction of sp³-hybridized carbons (Fsp3) is 0.786. The molecule has 0 spiro atoms. The highest BCUT2D eigenvalue weighted by atomic mass is 32.1. The van der Waals surface area contributed by atoms with Crippen LogP contribution in [0, 0.1) is 0 Å². The van der Waals surface area contributed by atoms with Gasteiger partial charge in [0, 0.05) is 17.0 Å². The molecule has 1 atom stereocenters. The molecule has 1 fully saturated rings. The predicted octanol–water partition coefficient (Wildman–Crippen LogP) is 2.63. The summed E-state index contributed by atoms with van der Waals surface area (Å²) in [6, 6.07) is 0. The monoisotopic (exact) mass is 266 g/mol. The molecule has 100 valence electrons. The Hall–Kier alpha value is -0.450. The second-order valence-corrected chi connectivity index (χ2v) is 7.31. The summed E-state index contributed by atoms with van der Waals surface area (Å²) in [7, 11) is 0. The van der Waals surface area contributed by atoms with Gasteiger partial charge in [-0.3, -0.25) is 4.90 Å². The van der Waals surface area contributed by atoms with Gasteiger partial charge in [0.15, 0.2) is 0 Å². The Morgan fingerprint density at radius 1 is 1.44 bits per heavy atom. The number of hydrogen-bond acceptors (Lipinski definition) is 4. The van der Waals surface area contributed by atoms with Crippen molar-refractivity contribution in [3.8, 4) is 0 Å². The van der Waals surface area contributed by atoms with Crippen LogP contribution < -0.4 is 0 Å². The largest absolute Gasteiger partial charge is 0.375 e. The van der Waals surface area contributed by atoms with Gasteiger partial charge in [-0.15, -0.1) is 11.3 Å². The summed E-state index contributed by atoms with van der Waals surface area (Å²) >= 11 is 1.92. The number of ether oxygens (including phenoxy) is 1. The van der Waals surface area contributed by atoms with E-state index in [9.17, 15) is 0 Å². The van der Waals surface area contributed by atoms with E-state index in [1.807, 2.05) is 11.3 Å². The molecule has 0 amide bonds. The molecule has 0 unspecified atom stereocenters. The van der Waals surface area contributed by atoms with Crippen molar-refractivity contribution >= 4 is 11.3 Å². The van der Waals surface area contributed by atoms with Gasteiger partial charge in [0.25, 0.3) is 0 Å². The minimum Gasteiger partial charge on any atom is -0.375 e. The van der Waals surface area contributed by atoms with Crippen LogP contribution in [-0.4, -0.2) is 34.7 Å². The SMILES string of the molecule is C[C@H]1CN(Cc2nc3c(s2)CCC3)C(C)(C)CO1. The van der Waals surface area contributed by atoms with Crippen molar-refractivity contribution in [2.45, 2.75) is 58.2 Å². The van der Waals surface area contributed by atoms with Gasteiger partial charge in [0.1, 0.15) is 5.01 Å². The van der Waals surface area contributed by atoms with Crippen LogP contribution in [0.2, 0.25) is 0 Å². The first-order chi connectivity index (χ1) is 8.54. The molecule has 0 bridgehead atoms. The van der Waals surface area contributed by atoms with E-state index in [1.165, 1.54) is 34.8 Å². The third-order valence-corrected chi connectivity index (χ3v) is 5.16. The fourth-order valence-corrected chi connectivity index (χ4v) is 3.97. The van der Waals surface area contributed by atoms with Crippen LogP contribution in [0.25, 0.3) is 0 Å². The third-order valence-electron chi connectivity index (χ3n) is 4.02. The van der Waals surface area contributed by atoms with Crippen LogP contribution in [0.5, 0.6) is 0 Å². The molecular formula is C14H22N2OS. The average Bonchev–Trinajstić information content (AvgIpc) is 2.84. The lowest BCUT2D eigenvalue weighted by Gasteiger charge is -2.44. The first-order valence-corrected chi connectivity index (χ1v) is 7.70. The van der Waals surface area contributed by atoms with E-state index in [0.29, 0.717) is 6.10 Å². The quantitative estimate of drug-likeness (QED) is 0.823. The summed E-state index contributed by atoms with van der Waals surface area (Å²) in [6.07, 6.45) is 4.07. The molecule has 3 rings (SSSR count). The van der Waals surface area contributed by atoms with E-state index >= 15 is 0 Å². The summed E-state index contributed by atoms with van der Waals surface area (Å²) in [4.78, 5) is 8.87. The Morgan fingerprint density at radius 3 is 3.06 bits per heavy atom. The smallest absolute Gasteiger partial charge is 0.107 e. The normalized spacial score (nSPS) is 27.4. The molecule has 2 heterocycles. The van der Waals surface area contributed by atoms with E-state index in [-0.39, 0.29) is 5.54 Å². The molecule has 18 heavy (non-hydrogen) atoms. The van der Waals surface area contributed by atoms with Crippen LogP contribution in [-0.2, 0) is 24.1 Å². The number of thiazole rings is 1. The number of aromatic nitrogens is 1. The van der Waals surface area contributed by atoms with Crippen molar-refractivity contribution < 1.29 is 4.74 Å². The fourth-order valence-electron chi connectivity index (χ4n) is 2.80. The van der Waals surface area contributed by atoms with Crippen molar-refractivity contribution in [3.05, 3.63) is 15.6 Å². The number of morpholine rings is 1. The molecule has 0 radical (unpaired) electrons. The molecule has 1 aliphatic heterocycles. The average molecular weight is 266 g/mol. The first-order valence-electron chi connectivity index (χ1n) is 6.89. The highest BCUT2D eigenvalue weighted by Gasteiger charge is 2.34. The Bertz CT molecular complexity index is 420. The number of rotatable bonds is 2. The van der Waals surface area contributed by atoms with Crippen LogP contribution in [0.1, 0.15) is 42.8 Å². The first kappa shape index (κ1) is 12.6. The molecule has 1 aromatic rings. The maximum Gasteiger partial charge on any atom is 0.107 e. The predicted molar refractivity (Wildman–Crippen MR) is 74.0 cm³/mol. The highest BCUT2D eigenvalue weighted by molar-refractivity contribution is 7.11. The van der Waals surface area contributed by atoms with E-state index in [2.05, 4.69) is 25.7 Å². The van der Waals surface area contributed by atoms with E-state index in [1.54, 1.807) is 0 Å². The lowest BCUT2D eigenvalue weighted by molar-refractivity contribution is -0.0949. The maximum atomic E-state index is 5.76. The molecule has 1 saturated heterocycles.